The second-order valence-electron chi connectivity index (χ2n) is 6.43. The summed E-state index contributed by atoms with van der Waals surface area (Å²) in [6.45, 7) is 7.70. The summed E-state index contributed by atoms with van der Waals surface area (Å²) in [5, 5.41) is 2.89. The van der Waals surface area contributed by atoms with Crippen LogP contribution in [0.3, 0.4) is 0 Å². The van der Waals surface area contributed by atoms with E-state index in [1.807, 2.05) is 39.0 Å². The Morgan fingerprint density at radius 2 is 1.95 bits per heavy atom. The van der Waals surface area contributed by atoms with Crippen molar-refractivity contribution in [2.24, 2.45) is 11.1 Å². The SMILES string of the molecule is CC(C)(C)C(N)CC(=O)NCc1ccc2c(c1)OCCO2. The lowest BCUT2D eigenvalue weighted by atomic mass is 9.85. The molecule has 1 unspecified atom stereocenters. The molecule has 5 nitrogen and oxygen atoms in total. The monoisotopic (exact) mass is 292 g/mol. The van der Waals surface area contributed by atoms with Crippen molar-refractivity contribution in [1.29, 1.82) is 0 Å². The van der Waals surface area contributed by atoms with Crippen LogP contribution >= 0.6 is 0 Å². The molecule has 21 heavy (non-hydrogen) atoms. The molecule has 3 N–H and O–H groups in total. The Bertz CT molecular complexity index is 509. The van der Waals surface area contributed by atoms with Crippen molar-refractivity contribution < 1.29 is 14.3 Å². The third kappa shape index (κ3) is 4.36. The molecule has 0 saturated heterocycles. The highest BCUT2D eigenvalue weighted by molar-refractivity contribution is 5.76. The van der Waals surface area contributed by atoms with Crippen molar-refractivity contribution in [3.05, 3.63) is 23.8 Å². The molecule has 0 fully saturated rings. The summed E-state index contributed by atoms with van der Waals surface area (Å²) >= 11 is 0. The number of carbonyl (C=O) groups is 1. The van der Waals surface area contributed by atoms with E-state index < -0.39 is 0 Å². The van der Waals surface area contributed by atoms with Gasteiger partial charge < -0.3 is 20.5 Å². The summed E-state index contributed by atoms with van der Waals surface area (Å²) in [7, 11) is 0. The number of hydrogen-bond acceptors (Lipinski definition) is 4. The minimum atomic E-state index is -0.155. The summed E-state index contributed by atoms with van der Waals surface area (Å²) in [5.74, 6) is 1.46. The number of nitrogens with two attached hydrogens (primary N) is 1. The van der Waals surface area contributed by atoms with Crippen molar-refractivity contribution in [3.63, 3.8) is 0 Å². The molecule has 1 aliphatic heterocycles. The molecule has 1 atom stereocenters. The number of carbonyl (C=O) groups excluding carboxylic acids is 1. The highest BCUT2D eigenvalue weighted by atomic mass is 16.6. The molecule has 116 valence electrons. The first-order valence-electron chi connectivity index (χ1n) is 7.27. The molecule has 0 bridgehead atoms. The van der Waals surface area contributed by atoms with Crippen LogP contribution in [0.25, 0.3) is 0 Å². The summed E-state index contributed by atoms with van der Waals surface area (Å²) in [4.78, 5) is 11.9. The lowest BCUT2D eigenvalue weighted by Gasteiger charge is -2.26. The predicted octanol–water partition coefficient (Wildman–Crippen LogP) is 1.84. The number of benzene rings is 1. The molecule has 5 heteroatoms. The van der Waals surface area contributed by atoms with E-state index in [4.69, 9.17) is 15.2 Å². The minimum Gasteiger partial charge on any atom is -0.486 e. The van der Waals surface area contributed by atoms with E-state index in [2.05, 4.69) is 5.32 Å². The molecule has 1 aromatic carbocycles. The number of hydrogen-bond donors (Lipinski definition) is 2. The Labute approximate surface area is 125 Å². The fourth-order valence-electron chi connectivity index (χ4n) is 1.98. The molecule has 0 radical (unpaired) electrons. The summed E-state index contributed by atoms with van der Waals surface area (Å²) in [6, 6.07) is 5.55. The van der Waals surface area contributed by atoms with Crippen LogP contribution in [0.15, 0.2) is 18.2 Å². The molecule has 0 aromatic heterocycles. The average Bonchev–Trinajstić information content (AvgIpc) is 2.44. The van der Waals surface area contributed by atoms with Gasteiger partial charge in [0.2, 0.25) is 5.91 Å². The third-order valence-corrected chi connectivity index (χ3v) is 3.61. The quantitative estimate of drug-likeness (QED) is 0.888. The van der Waals surface area contributed by atoms with Gasteiger partial charge in [0.15, 0.2) is 11.5 Å². The van der Waals surface area contributed by atoms with Crippen molar-refractivity contribution in [3.8, 4) is 11.5 Å². The lowest BCUT2D eigenvalue weighted by molar-refractivity contribution is -0.122. The van der Waals surface area contributed by atoms with Crippen LogP contribution in [0.5, 0.6) is 11.5 Å². The smallest absolute Gasteiger partial charge is 0.221 e. The van der Waals surface area contributed by atoms with Crippen molar-refractivity contribution in [1.82, 2.24) is 5.32 Å². The van der Waals surface area contributed by atoms with Crippen LogP contribution in [0, 0.1) is 5.41 Å². The molecule has 0 spiro atoms. The summed E-state index contributed by atoms with van der Waals surface area (Å²) in [5.41, 5.74) is 6.92. The van der Waals surface area contributed by atoms with Crippen molar-refractivity contribution in [2.75, 3.05) is 13.2 Å². The molecule has 1 amide bonds. The lowest BCUT2D eigenvalue weighted by Crippen LogP contribution is -2.40. The maximum Gasteiger partial charge on any atom is 0.221 e. The number of fused-ring (bicyclic) bond motifs is 1. The third-order valence-electron chi connectivity index (χ3n) is 3.61. The predicted molar refractivity (Wildman–Crippen MR) is 81.3 cm³/mol. The first-order valence-corrected chi connectivity index (χ1v) is 7.27. The Balaban J connectivity index is 1.87. The van der Waals surface area contributed by atoms with Gasteiger partial charge in [-0.25, -0.2) is 0 Å². The second-order valence-corrected chi connectivity index (χ2v) is 6.43. The first kappa shape index (κ1) is 15.6. The fourth-order valence-corrected chi connectivity index (χ4v) is 1.98. The van der Waals surface area contributed by atoms with Gasteiger partial charge in [-0.05, 0) is 23.1 Å². The molecule has 0 aliphatic carbocycles. The van der Waals surface area contributed by atoms with Gasteiger partial charge in [-0.2, -0.15) is 0 Å². The van der Waals surface area contributed by atoms with Crippen LogP contribution < -0.4 is 20.5 Å². The van der Waals surface area contributed by atoms with Crippen LogP contribution in [0.1, 0.15) is 32.8 Å². The van der Waals surface area contributed by atoms with Gasteiger partial charge in [-0.15, -0.1) is 0 Å². The zero-order valence-corrected chi connectivity index (χ0v) is 12.9. The Hall–Kier alpha value is -1.75. The van der Waals surface area contributed by atoms with Crippen LogP contribution in [0.2, 0.25) is 0 Å². The Kier molecular flexibility index (Phi) is 4.73. The minimum absolute atomic E-state index is 0.0349. The fraction of sp³-hybridized carbons (Fsp3) is 0.562. The molecule has 1 aliphatic rings. The van der Waals surface area contributed by atoms with E-state index >= 15 is 0 Å². The Morgan fingerprint density at radius 1 is 1.29 bits per heavy atom. The molecular weight excluding hydrogens is 268 g/mol. The topological polar surface area (TPSA) is 73.6 Å². The molecule has 0 saturated carbocycles. The molecule has 1 aromatic rings. The molecular formula is C16H24N2O3. The maximum atomic E-state index is 11.9. The van der Waals surface area contributed by atoms with Gasteiger partial charge in [0.25, 0.3) is 0 Å². The van der Waals surface area contributed by atoms with Crippen molar-refractivity contribution in [2.45, 2.75) is 39.8 Å². The van der Waals surface area contributed by atoms with Crippen LogP contribution in [0.4, 0.5) is 0 Å². The van der Waals surface area contributed by atoms with Gasteiger partial charge in [-0.3, -0.25) is 4.79 Å². The number of amides is 1. The van der Waals surface area contributed by atoms with Crippen LogP contribution in [-0.2, 0) is 11.3 Å². The molecule has 1 heterocycles. The zero-order chi connectivity index (χ0) is 15.5. The average molecular weight is 292 g/mol. The van der Waals surface area contributed by atoms with E-state index in [1.165, 1.54) is 0 Å². The molecule has 2 rings (SSSR count). The highest BCUT2D eigenvalue weighted by Gasteiger charge is 2.23. The van der Waals surface area contributed by atoms with Crippen LogP contribution in [-0.4, -0.2) is 25.2 Å². The largest absolute Gasteiger partial charge is 0.486 e. The summed E-state index contributed by atoms with van der Waals surface area (Å²) in [6.07, 6.45) is 0.327. The van der Waals surface area contributed by atoms with E-state index in [1.54, 1.807) is 0 Å². The second kappa shape index (κ2) is 6.35. The normalized spacial score (nSPS) is 15.4. The standard InChI is InChI=1S/C16H24N2O3/c1-16(2,3)14(17)9-15(19)18-10-11-4-5-12-13(8-11)21-7-6-20-12/h4-5,8,14H,6-7,9-10,17H2,1-3H3,(H,18,19). The number of rotatable bonds is 4. The van der Waals surface area contributed by atoms with Gasteiger partial charge in [0, 0.05) is 19.0 Å². The van der Waals surface area contributed by atoms with Gasteiger partial charge in [0.1, 0.15) is 13.2 Å². The number of nitrogens with one attached hydrogen (secondary N) is 1. The van der Waals surface area contributed by atoms with Gasteiger partial charge in [0.05, 0.1) is 0 Å². The van der Waals surface area contributed by atoms with E-state index in [0.29, 0.717) is 26.2 Å². The highest BCUT2D eigenvalue weighted by Crippen LogP contribution is 2.30. The first-order chi connectivity index (χ1) is 9.86. The zero-order valence-electron chi connectivity index (χ0n) is 12.9. The number of ether oxygens (including phenoxy) is 2. The van der Waals surface area contributed by atoms with E-state index in [0.717, 1.165) is 17.1 Å². The Morgan fingerprint density at radius 3 is 2.62 bits per heavy atom. The van der Waals surface area contributed by atoms with Gasteiger partial charge in [-0.1, -0.05) is 26.8 Å². The summed E-state index contributed by atoms with van der Waals surface area (Å²) < 4.78 is 11.0. The maximum absolute atomic E-state index is 11.9. The van der Waals surface area contributed by atoms with E-state index in [-0.39, 0.29) is 17.4 Å². The van der Waals surface area contributed by atoms with E-state index in [9.17, 15) is 4.79 Å². The van der Waals surface area contributed by atoms with Crippen molar-refractivity contribution >= 4 is 5.91 Å². The van der Waals surface area contributed by atoms with Gasteiger partial charge >= 0.3 is 0 Å².